The highest BCUT2D eigenvalue weighted by atomic mass is 32.2. The number of benzene rings is 2. The highest BCUT2D eigenvalue weighted by Crippen LogP contribution is 2.39. The van der Waals surface area contributed by atoms with Crippen molar-refractivity contribution in [2.24, 2.45) is 0 Å². The summed E-state index contributed by atoms with van der Waals surface area (Å²) < 4.78 is 11.9. The van der Waals surface area contributed by atoms with E-state index in [4.69, 9.17) is 9.47 Å². The Hall–Kier alpha value is -3.06. The van der Waals surface area contributed by atoms with Gasteiger partial charge in [-0.05, 0) is 24.5 Å². The van der Waals surface area contributed by atoms with Gasteiger partial charge in [-0.2, -0.15) is 4.98 Å². The van der Waals surface area contributed by atoms with Crippen LogP contribution in [0.5, 0.6) is 11.6 Å². The van der Waals surface area contributed by atoms with Crippen LogP contribution >= 0.6 is 11.8 Å². The smallest absolute Gasteiger partial charge is 0.247 e. The molecule has 0 saturated heterocycles. The average Bonchev–Trinajstić information content (AvgIpc) is 2.88. The largest absolute Gasteiger partial charge is 0.490 e. The average molecular weight is 378 g/mol. The number of para-hydroxylation sites is 1. The summed E-state index contributed by atoms with van der Waals surface area (Å²) in [5.74, 6) is 1.20. The van der Waals surface area contributed by atoms with Crippen molar-refractivity contribution in [2.75, 3.05) is 18.2 Å². The van der Waals surface area contributed by atoms with Gasteiger partial charge in [-0.25, -0.2) is 0 Å². The van der Waals surface area contributed by atoms with E-state index in [0.717, 1.165) is 22.6 Å². The molecule has 2 aromatic carbocycles. The number of rotatable bonds is 5. The van der Waals surface area contributed by atoms with Crippen molar-refractivity contribution < 1.29 is 9.47 Å². The summed E-state index contributed by atoms with van der Waals surface area (Å²) in [4.78, 5) is 4.52. The lowest BCUT2D eigenvalue weighted by Gasteiger charge is -2.20. The monoisotopic (exact) mass is 378 g/mol. The standard InChI is InChI=1S/C20H18N4O2S/c1-3-11-25-14-8-6-7-13(12-14)18-21-16-10-5-4-9-15(16)17-19(26-18)22-20(27-2)24-23-17/h3-10,12,18,21H,1,11H2,2H3. The number of nitrogens with zero attached hydrogens (tertiary/aromatic N) is 3. The third kappa shape index (κ3) is 3.59. The lowest BCUT2D eigenvalue weighted by molar-refractivity contribution is 0.224. The highest BCUT2D eigenvalue weighted by Gasteiger charge is 2.26. The maximum atomic E-state index is 6.21. The van der Waals surface area contributed by atoms with Crippen molar-refractivity contribution in [3.05, 3.63) is 66.7 Å². The van der Waals surface area contributed by atoms with Crippen LogP contribution in [0.15, 0.2) is 66.3 Å². The van der Waals surface area contributed by atoms with Crippen LogP contribution in [0.25, 0.3) is 11.3 Å². The molecule has 136 valence electrons. The van der Waals surface area contributed by atoms with Crippen LogP contribution in [0.3, 0.4) is 0 Å². The molecule has 0 fully saturated rings. The van der Waals surface area contributed by atoms with Gasteiger partial charge in [-0.1, -0.05) is 54.7 Å². The van der Waals surface area contributed by atoms with Gasteiger partial charge in [0.05, 0.1) is 0 Å². The molecule has 1 aliphatic heterocycles. The zero-order valence-corrected chi connectivity index (χ0v) is 15.6. The first-order valence-electron chi connectivity index (χ1n) is 8.43. The molecule has 7 heteroatoms. The number of aromatic nitrogens is 3. The Balaban J connectivity index is 1.77. The summed E-state index contributed by atoms with van der Waals surface area (Å²) in [5.41, 5.74) is 3.36. The molecule has 1 aromatic heterocycles. The van der Waals surface area contributed by atoms with Crippen molar-refractivity contribution in [1.29, 1.82) is 0 Å². The zero-order valence-electron chi connectivity index (χ0n) is 14.8. The highest BCUT2D eigenvalue weighted by molar-refractivity contribution is 7.98. The first kappa shape index (κ1) is 17.4. The van der Waals surface area contributed by atoms with E-state index in [1.165, 1.54) is 11.8 Å². The van der Waals surface area contributed by atoms with E-state index >= 15 is 0 Å². The number of ether oxygens (including phenoxy) is 2. The molecule has 4 rings (SSSR count). The molecule has 0 bridgehead atoms. The van der Waals surface area contributed by atoms with Crippen LogP contribution < -0.4 is 14.8 Å². The number of fused-ring (bicyclic) bond motifs is 3. The normalized spacial score (nSPS) is 14.8. The molecule has 1 atom stereocenters. The number of thioether (sulfide) groups is 1. The molecule has 1 aliphatic rings. The van der Waals surface area contributed by atoms with Gasteiger partial charge in [0.15, 0.2) is 11.9 Å². The third-order valence-corrected chi connectivity index (χ3v) is 4.58. The number of hydrogen-bond acceptors (Lipinski definition) is 7. The van der Waals surface area contributed by atoms with Gasteiger partial charge in [-0.15, -0.1) is 10.2 Å². The molecule has 1 N–H and O–H groups in total. The van der Waals surface area contributed by atoms with E-state index in [9.17, 15) is 0 Å². The van der Waals surface area contributed by atoms with Gasteiger partial charge >= 0.3 is 0 Å². The molecule has 0 aliphatic carbocycles. The Morgan fingerprint density at radius 3 is 2.96 bits per heavy atom. The van der Waals surface area contributed by atoms with Gasteiger partial charge in [0.2, 0.25) is 11.0 Å². The molecule has 3 aromatic rings. The lowest BCUT2D eigenvalue weighted by Crippen LogP contribution is -2.17. The fraction of sp³-hybridized carbons (Fsp3) is 0.150. The lowest BCUT2D eigenvalue weighted by atomic mass is 10.1. The molecule has 0 amide bonds. The summed E-state index contributed by atoms with van der Waals surface area (Å²) in [7, 11) is 0. The number of hydrogen-bond donors (Lipinski definition) is 1. The maximum absolute atomic E-state index is 6.21. The van der Waals surface area contributed by atoms with E-state index in [1.54, 1.807) is 6.08 Å². The Morgan fingerprint density at radius 1 is 1.22 bits per heavy atom. The Kier molecular flexibility index (Phi) is 4.93. The molecular formula is C20H18N4O2S. The number of anilines is 1. The van der Waals surface area contributed by atoms with Crippen molar-refractivity contribution >= 4 is 17.4 Å². The summed E-state index contributed by atoms with van der Waals surface area (Å²) in [6.07, 6.45) is 3.18. The zero-order chi connectivity index (χ0) is 18.6. The van der Waals surface area contributed by atoms with E-state index in [2.05, 4.69) is 27.1 Å². The van der Waals surface area contributed by atoms with Crippen LogP contribution in [-0.2, 0) is 0 Å². The van der Waals surface area contributed by atoms with Crippen LogP contribution in [0, 0.1) is 0 Å². The predicted octanol–water partition coefficient (Wildman–Crippen LogP) is 4.33. The second kappa shape index (κ2) is 7.67. The van der Waals surface area contributed by atoms with E-state index < -0.39 is 6.23 Å². The minimum Gasteiger partial charge on any atom is -0.490 e. The van der Waals surface area contributed by atoms with Crippen molar-refractivity contribution in [1.82, 2.24) is 15.2 Å². The van der Waals surface area contributed by atoms with E-state index in [1.807, 2.05) is 54.8 Å². The molecule has 0 radical (unpaired) electrons. The van der Waals surface area contributed by atoms with E-state index in [0.29, 0.717) is 23.3 Å². The molecule has 1 unspecified atom stereocenters. The fourth-order valence-corrected chi connectivity index (χ4v) is 3.10. The van der Waals surface area contributed by atoms with Gasteiger partial charge in [0, 0.05) is 16.8 Å². The first-order chi connectivity index (χ1) is 13.3. The van der Waals surface area contributed by atoms with Gasteiger partial charge in [0.1, 0.15) is 12.4 Å². The Labute approximate surface area is 161 Å². The second-order valence-electron chi connectivity index (χ2n) is 5.81. The van der Waals surface area contributed by atoms with Crippen LogP contribution in [0.1, 0.15) is 11.8 Å². The summed E-state index contributed by atoms with van der Waals surface area (Å²) >= 11 is 1.42. The van der Waals surface area contributed by atoms with Crippen molar-refractivity contribution in [2.45, 2.75) is 11.4 Å². The first-order valence-corrected chi connectivity index (χ1v) is 9.66. The summed E-state index contributed by atoms with van der Waals surface area (Å²) in [6.45, 7) is 4.13. The maximum Gasteiger partial charge on any atom is 0.247 e. The Morgan fingerprint density at radius 2 is 2.11 bits per heavy atom. The Bertz CT molecular complexity index is 980. The fourth-order valence-electron chi connectivity index (χ4n) is 2.81. The van der Waals surface area contributed by atoms with Gasteiger partial charge in [0.25, 0.3) is 0 Å². The number of nitrogens with one attached hydrogen (secondary N) is 1. The molecule has 0 spiro atoms. The van der Waals surface area contributed by atoms with Crippen molar-refractivity contribution in [3.63, 3.8) is 0 Å². The second-order valence-corrected chi connectivity index (χ2v) is 6.59. The molecular weight excluding hydrogens is 360 g/mol. The van der Waals surface area contributed by atoms with E-state index in [-0.39, 0.29) is 0 Å². The topological polar surface area (TPSA) is 69.2 Å². The van der Waals surface area contributed by atoms with Crippen LogP contribution in [-0.4, -0.2) is 28.0 Å². The van der Waals surface area contributed by atoms with Crippen LogP contribution in [0.4, 0.5) is 5.69 Å². The molecule has 27 heavy (non-hydrogen) atoms. The van der Waals surface area contributed by atoms with Crippen molar-refractivity contribution in [3.8, 4) is 22.9 Å². The van der Waals surface area contributed by atoms with Gasteiger partial charge in [-0.3, -0.25) is 0 Å². The summed E-state index contributed by atoms with van der Waals surface area (Å²) in [5, 5.41) is 12.5. The minimum absolute atomic E-state index is 0.439. The van der Waals surface area contributed by atoms with Gasteiger partial charge < -0.3 is 14.8 Å². The SMILES string of the molecule is C=CCOc1cccc(C2Nc3ccccc3-c3nnc(SC)nc3O2)c1. The molecule has 0 saturated carbocycles. The molecule has 2 heterocycles. The quantitative estimate of drug-likeness (QED) is 0.523. The van der Waals surface area contributed by atoms with Crippen LogP contribution in [0.2, 0.25) is 0 Å². The molecule has 6 nitrogen and oxygen atoms in total. The minimum atomic E-state index is -0.439. The third-order valence-electron chi connectivity index (χ3n) is 4.04. The summed E-state index contributed by atoms with van der Waals surface area (Å²) in [6, 6.07) is 15.7. The predicted molar refractivity (Wildman–Crippen MR) is 106 cm³/mol.